The van der Waals surface area contributed by atoms with Gasteiger partial charge in [-0.15, -0.1) is 0 Å². The minimum Gasteiger partial charge on any atom is -0.497 e. The van der Waals surface area contributed by atoms with Crippen LogP contribution in [0.5, 0.6) is 5.75 Å². The molecule has 2 aromatic carbocycles. The molecule has 0 aromatic heterocycles. The van der Waals surface area contributed by atoms with Gasteiger partial charge in [0, 0.05) is 0 Å². The van der Waals surface area contributed by atoms with Crippen LogP contribution in [0.2, 0.25) is 0 Å². The Bertz CT molecular complexity index is 958. The van der Waals surface area contributed by atoms with E-state index in [1.807, 2.05) is 0 Å². The van der Waals surface area contributed by atoms with Gasteiger partial charge in [0.15, 0.2) is 0 Å². The Hall–Kier alpha value is -3.07. The number of para-hydroxylation sites is 1. The van der Waals surface area contributed by atoms with Crippen molar-refractivity contribution in [2.75, 3.05) is 23.0 Å². The van der Waals surface area contributed by atoms with Crippen LogP contribution in [0, 0.1) is 0 Å². The zero-order valence-electron chi connectivity index (χ0n) is 15.9. The van der Waals surface area contributed by atoms with Gasteiger partial charge in [0.25, 0.3) is 5.91 Å². The first-order valence-corrected chi connectivity index (χ1v) is 10.4. The highest BCUT2D eigenvalue weighted by atomic mass is 32.2. The first kappa shape index (κ1) is 21.2. The molecule has 2 rings (SSSR count). The van der Waals surface area contributed by atoms with Gasteiger partial charge in [-0.25, -0.2) is 8.42 Å². The number of methoxy groups -OCH3 is 1. The Kier molecular flexibility index (Phi) is 6.63. The normalized spacial score (nSPS) is 12.1. The summed E-state index contributed by atoms with van der Waals surface area (Å²) in [6.07, 6.45) is 1.24. The topological polar surface area (TPSA) is 119 Å². The van der Waals surface area contributed by atoms with Crippen LogP contribution in [0.25, 0.3) is 0 Å². The molecule has 9 heteroatoms. The maximum absolute atomic E-state index is 12.9. The highest BCUT2D eigenvalue weighted by Gasteiger charge is 2.32. The van der Waals surface area contributed by atoms with E-state index in [1.54, 1.807) is 43.3 Å². The van der Waals surface area contributed by atoms with Crippen molar-refractivity contribution < 1.29 is 22.7 Å². The van der Waals surface area contributed by atoms with Crippen molar-refractivity contribution in [2.24, 2.45) is 5.73 Å². The fourth-order valence-electron chi connectivity index (χ4n) is 2.81. The molecular weight excluding hydrogens is 382 g/mol. The number of carbonyl (C=O) groups is 2. The highest BCUT2D eigenvalue weighted by molar-refractivity contribution is 7.92. The molecule has 0 bridgehead atoms. The lowest BCUT2D eigenvalue weighted by atomic mass is 10.1. The molecule has 0 aliphatic heterocycles. The number of benzene rings is 2. The molecular formula is C19H23N3O5S. The molecule has 0 saturated carbocycles. The van der Waals surface area contributed by atoms with Crippen molar-refractivity contribution in [3.63, 3.8) is 0 Å². The van der Waals surface area contributed by atoms with Gasteiger partial charge >= 0.3 is 0 Å². The van der Waals surface area contributed by atoms with E-state index in [-0.39, 0.29) is 17.7 Å². The summed E-state index contributed by atoms with van der Waals surface area (Å²) in [6.45, 7) is 1.70. The number of hydrogen-bond donors (Lipinski definition) is 2. The van der Waals surface area contributed by atoms with Gasteiger partial charge < -0.3 is 15.8 Å². The number of nitrogens with zero attached hydrogens (tertiary/aromatic N) is 1. The van der Waals surface area contributed by atoms with Crippen LogP contribution in [0.3, 0.4) is 0 Å². The van der Waals surface area contributed by atoms with E-state index in [9.17, 15) is 18.0 Å². The Morgan fingerprint density at radius 1 is 1.14 bits per heavy atom. The average molecular weight is 405 g/mol. The fraction of sp³-hybridized carbons (Fsp3) is 0.263. The number of sulfonamides is 1. The molecule has 0 saturated heterocycles. The van der Waals surface area contributed by atoms with Crippen LogP contribution in [0.15, 0.2) is 48.5 Å². The predicted octanol–water partition coefficient (Wildman–Crippen LogP) is 1.98. The number of anilines is 2. The quantitative estimate of drug-likeness (QED) is 0.696. The second-order valence-electron chi connectivity index (χ2n) is 6.08. The van der Waals surface area contributed by atoms with Crippen LogP contribution in [0.4, 0.5) is 11.4 Å². The lowest BCUT2D eigenvalue weighted by Gasteiger charge is -2.30. The average Bonchev–Trinajstić information content (AvgIpc) is 2.65. The van der Waals surface area contributed by atoms with Gasteiger partial charge in [0.2, 0.25) is 15.9 Å². The van der Waals surface area contributed by atoms with E-state index in [4.69, 9.17) is 10.5 Å². The standard InChI is InChI=1S/C19H23N3O5S/c1-4-17(19(24)21-16-8-6-5-7-15(16)18(20)23)22(28(3,25)26)13-9-11-14(27-2)12-10-13/h5-12,17H,4H2,1-3H3,(H2,20,23)(H,21,24). The maximum Gasteiger partial charge on any atom is 0.250 e. The fourth-order valence-corrected chi connectivity index (χ4v) is 4.02. The van der Waals surface area contributed by atoms with E-state index in [0.29, 0.717) is 11.4 Å². The summed E-state index contributed by atoms with van der Waals surface area (Å²) >= 11 is 0. The van der Waals surface area contributed by atoms with Crippen LogP contribution in [0.1, 0.15) is 23.7 Å². The number of primary amides is 1. The van der Waals surface area contributed by atoms with Gasteiger partial charge in [-0.1, -0.05) is 19.1 Å². The first-order valence-electron chi connectivity index (χ1n) is 8.52. The predicted molar refractivity (Wildman–Crippen MR) is 108 cm³/mol. The van der Waals surface area contributed by atoms with Crippen LogP contribution < -0.4 is 20.1 Å². The molecule has 2 aromatic rings. The van der Waals surface area contributed by atoms with Crippen molar-refractivity contribution >= 4 is 33.2 Å². The smallest absolute Gasteiger partial charge is 0.250 e. The molecule has 0 aliphatic rings. The van der Waals surface area contributed by atoms with Gasteiger partial charge in [-0.3, -0.25) is 13.9 Å². The van der Waals surface area contributed by atoms with Gasteiger partial charge in [0.05, 0.1) is 30.3 Å². The third-order valence-corrected chi connectivity index (χ3v) is 5.29. The molecule has 28 heavy (non-hydrogen) atoms. The SMILES string of the molecule is CCC(C(=O)Nc1ccccc1C(N)=O)N(c1ccc(OC)cc1)S(C)(=O)=O. The second-order valence-corrected chi connectivity index (χ2v) is 7.94. The molecule has 0 aliphatic carbocycles. The highest BCUT2D eigenvalue weighted by Crippen LogP contribution is 2.26. The van der Waals surface area contributed by atoms with Crippen LogP contribution in [-0.4, -0.2) is 39.6 Å². The summed E-state index contributed by atoms with van der Waals surface area (Å²) in [7, 11) is -2.27. The van der Waals surface area contributed by atoms with Crippen molar-refractivity contribution in [1.29, 1.82) is 0 Å². The Morgan fingerprint density at radius 2 is 1.75 bits per heavy atom. The molecule has 150 valence electrons. The van der Waals surface area contributed by atoms with E-state index >= 15 is 0 Å². The minimum atomic E-state index is -3.77. The summed E-state index contributed by atoms with van der Waals surface area (Å²) < 4.78 is 31.1. The summed E-state index contributed by atoms with van der Waals surface area (Å²) in [6, 6.07) is 11.6. The molecule has 2 amide bonds. The van der Waals surface area contributed by atoms with E-state index in [2.05, 4.69) is 5.32 Å². The molecule has 0 heterocycles. The van der Waals surface area contributed by atoms with Crippen molar-refractivity contribution in [3.8, 4) is 5.75 Å². The number of amides is 2. The van der Waals surface area contributed by atoms with Gasteiger partial charge in [-0.2, -0.15) is 0 Å². The molecule has 1 unspecified atom stereocenters. The molecule has 0 fully saturated rings. The number of nitrogens with two attached hydrogens (primary N) is 1. The molecule has 0 spiro atoms. The number of ether oxygens (including phenoxy) is 1. The molecule has 1 atom stereocenters. The third-order valence-electron chi connectivity index (χ3n) is 4.11. The summed E-state index contributed by atoms with van der Waals surface area (Å²) in [5, 5.41) is 2.62. The Morgan fingerprint density at radius 3 is 2.25 bits per heavy atom. The minimum absolute atomic E-state index is 0.140. The third kappa shape index (κ3) is 4.80. The number of rotatable bonds is 8. The Labute approximate surface area is 164 Å². The molecule has 0 radical (unpaired) electrons. The molecule has 3 N–H and O–H groups in total. The second kappa shape index (κ2) is 8.75. The van der Waals surface area contributed by atoms with Crippen LogP contribution >= 0.6 is 0 Å². The monoisotopic (exact) mass is 405 g/mol. The van der Waals surface area contributed by atoms with Gasteiger partial charge in [0.1, 0.15) is 11.8 Å². The van der Waals surface area contributed by atoms with Gasteiger partial charge in [-0.05, 0) is 42.8 Å². The first-order chi connectivity index (χ1) is 13.2. The van der Waals surface area contributed by atoms with Crippen LogP contribution in [-0.2, 0) is 14.8 Å². The summed E-state index contributed by atoms with van der Waals surface area (Å²) in [4.78, 5) is 24.5. The van der Waals surface area contributed by atoms with E-state index < -0.39 is 27.9 Å². The Balaban J connectivity index is 2.41. The largest absolute Gasteiger partial charge is 0.497 e. The summed E-state index contributed by atoms with van der Waals surface area (Å²) in [5.74, 6) is -0.707. The van der Waals surface area contributed by atoms with E-state index in [0.717, 1.165) is 10.6 Å². The maximum atomic E-state index is 12.9. The number of hydrogen-bond acceptors (Lipinski definition) is 5. The lowest BCUT2D eigenvalue weighted by molar-refractivity contribution is -0.117. The summed E-state index contributed by atoms with van der Waals surface area (Å²) in [5.41, 5.74) is 6.03. The lowest BCUT2D eigenvalue weighted by Crippen LogP contribution is -2.47. The zero-order chi connectivity index (χ0) is 20.9. The zero-order valence-corrected chi connectivity index (χ0v) is 16.7. The van der Waals surface area contributed by atoms with Crippen molar-refractivity contribution in [2.45, 2.75) is 19.4 Å². The van der Waals surface area contributed by atoms with Crippen molar-refractivity contribution in [1.82, 2.24) is 0 Å². The van der Waals surface area contributed by atoms with Crippen molar-refractivity contribution in [3.05, 3.63) is 54.1 Å². The number of carbonyl (C=O) groups excluding carboxylic acids is 2. The number of nitrogens with one attached hydrogen (secondary N) is 1. The molecule has 8 nitrogen and oxygen atoms in total. The van der Waals surface area contributed by atoms with E-state index in [1.165, 1.54) is 19.2 Å².